The van der Waals surface area contributed by atoms with Gasteiger partial charge in [-0.05, 0) is 37.5 Å². The number of thiazole rings is 1. The Morgan fingerprint density at radius 3 is 2.53 bits per heavy atom. The van der Waals surface area contributed by atoms with E-state index in [9.17, 15) is 9.59 Å². The summed E-state index contributed by atoms with van der Waals surface area (Å²) in [5.74, 6) is 1.72. The van der Waals surface area contributed by atoms with Gasteiger partial charge in [0.05, 0.1) is 11.4 Å². The highest BCUT2D eigenvalue weighted by Crippen LogP contribution is 2.25. The molecule has 0 bridgehead atoms. The Hall–Kier alpha value is -2.92. The smallest absolute Gasteiger partial charge is 0.265 e. The summed E-state index contributed by atoms with van der Waals surface area (Å²) in [7, 11) is 3.37. The summed E-state index contributed by atoms with van der Waals surface area (Å²) in [6, 6.07) is 8.04. The lowest BCUT2D eigenvalue weighted by molar-refractivity contribution is -0.113. The standard InChI is InChI=1S/C23H30N6O3S2/c1-7-29-18(12-32-17-10-8-16(9-11-17)14(2)3)26-27-23(29)33-13-19(30)25-22-24-15(4)20(34-22)21(31)28(5)6/h8-11,14H,7,12-13H2,1-6H3,(H,24,25,30). The first-order chi connectivity index (χ1) is 16.2. The summed E-state index contributed by atoms with van der Waals surface area (Å²) >= 11 is 2.46. The summed E-state index contributed by atoms with van der Waals surface area (Å²) in [6.45, 7) is 9.00. The fourth-order valence-corrected chi connectivity index (χ4v) is 4.91. The Morgan fingerprint density at radius 2 is 1.91 bits per heavy atom. The fourth-order valence-electron chi connectivity index (χ4n) is 3.08. The number of aryl methyl sites for hydroxylation is 1. The Morgan fingerprint density at radius 1 is 1.21 bits per heavy atom. The number of anilines is 1. The van der Waals surface area contributed by atoms with Crippen molar-refractivity contribution in [2.45, 2.75) is 51.9 Å². The molecule has 34 heavy (non-hydrogen) atoms. The Bertz CT molecular complexity index is 1140. The van der Waals surface area contributed by atoms with E-state index in [4.69, 9.17) is 4.74 Å². The molecule has 0 saturated carbocycles. The number of carbonyl (C=O) groups excluding carboxylic acids is 2. The molecule has 1 aromatic carbocycles. The Balaban J connectivity index is 1.56. The van der Waals surface area contributed by atoms with Crippen molar-refractivity contribution >= 4 is 40.0 Å². The summed E-state index contributed by atoms with van der Waals surface area (Å²) in [6.07, 6.45) is 0. The predicted octanol–water partition coefficient (Wildman–Crippen LogP) is 4.20. The predicted molar refractivity (Wildman–Crippen MR) is 135 cm³/mol. The van der Waals surface area contributed by atoms with Crippen molar-refractivity contribution in [1.29, 1.82) is 0 Å². The molecule has 0 atom stereocenters. The maximum atomic E-state index is 12.5. The van der Waals surface area contributed by atoms with Crippen molar-refractivity contribution in [2.75, 3.05) is 25.2 Å². The monoisotopic (exact) mass is 502 g/mol. The Kier molecular flexibility index (Phi) is 8.67. The van der Waals surface area contributed by atoms with Crippen molar-refractivity contribution in [3.63, 3.8) is 0 Å². The molecule has 0 fully saturated rings. The molecule has 0 aliphatic rings. The number of carbonyl (C=O) groups is 2. The molecule has 2 aromatic heterocycles. The topological polar surface area (TPSA) is 102 Å². The zero-order valence-corrected chi connectivity index (χ0v) is 21.9. The fraction of sp³-hybridized carbons (Fsp3) is 0.435. The number of amides is 2. The van der Waals surface area contributed by atoms with Crippen LogP contribution in [0.4, 0.5) is 5.13 Å². The largest absolute Gasteiger partial charge is 0.486 e. The SMILES string of the molecule is CCn1c(COc2ccc(C(C)C)cc2)nnc1SCC(=O)Nc1nc(C)c(C(=O)N(C)C)s1. The maximum absolute atomic E-state index is 12.5. The van der Waals surface area contributed by atoms with Crippen molar-refractivity contribution < 1.29 is 14.3 Å². The van der Waals surface area contributed by atoms with Crippen LogP contribution in [0.15, 0.2) is 29.4 Å². The van der Waals surface area contributed by atoms with Crippen LogP contribution in [0.1, 0.15) is 53.4 Å². The van der Waals surface area contributed by atoms with E-state index in [1.165, 1.54) is 33.6 Å². The van der Waals surface area contributed by atoms with Gasteiger partial charge in [-0.3, -0.25) is 9.59 Å². The second kappa shape index (κ2) is 11.5. The van der Waals surface area contributed by atoms with Crippen LogP contribution >= 0.6 is 23.1 Å². The molecule has 3 aromatic rings. The first kappa shape index (κ1) is 25.7. The van der Waals surface area contributed by atoms with Crippen LogP contribution in [-0.2, 0) is 17.9 Å². The number of thioether (sulfide) groups is 1. The molecule has 0 radical (unpaired) electrons. The van der Waals surface area contributed by atoms with E-state index in [-0.39, 0.29) is 24.2 Å². The van der Waals surface area contributed by atoms with Gasteiger partial charge in [0.2, 0.25) is 5.91 Å². The molecule has 0 aliphatic heterocycles. The van der Waals surface area contributed by atoms with Gasteiger partial charge in [-0.1, -0.05) is 49.1 Å². The first-order valence-corrected chi connectivity index (χ1v) is 12.8. The molecule has 2 heterocycles. The zero-order valence-electron chi connectivity index (χ0n) is 20.3. The highest BCUT2D eigenvalue weighted by atomic mass is 32.2. The Labute approximate surface area is 207 Å². The lowest BCUT2D eigenvalue weighted by atomic mass is 10.0. The summed E-state index contributed by atoms with van der Waals surface area (Å²) in [5, 5.41) is 12.3. The number of nitrogens with zero attached hydrogens (tertiary/aromatic N) is 5. The molecule has 182 valence electrons. The van der Waals surface area contributed by atoms with Crippen molar-refractivity contribution in [1.82, 2.24) is 24.6 Å². The third kappa shape index (κ3) is 6.35. The van der Waals surface area contributed by atoms with Gasteiger partial charge in [0.15, 0.2) is 16.1 Å². The van der Waals surface area contributed by atoms with Gasteiger partial charge in [0.1, 0.15) is 17.2 Å². The number of hydrogen-bond donors (Lipinski definition) is 1. The third-order valence-corrected chi connectivity index (χ3v) is 7.03. The van der Waals surface area contributed by atoms with E-state index in [0.717, 1.165) is 5.75 Å². The van der Waals surface area contributed by atoms with Crippen LogP contribution < -0.4 is 10.1 Å². The summed E-state index contributed by atoms with van der Waals surface area (Å²) < 4.78 is 7.82. The van der Waals surface area contributed by atoms with E-state index in [0.29, 0.717) is 39.1 Å². The zero-order chi connectivity index (χ0) is 24.8. The number of nitrogens with one attached hydrogen (secondary N) is 1. The normalized spacial score (nSPS) is 11.0. The molecule has 0 spiro atoms. The van der Waals surface area contributed by atoms with Gasteiger partial charge >= 0.3 is 0 Å². The van der Waals surface area contributed by atoms with Gasteiger partial charge in [0, 0.05) is 20.6 Å². The highest BCUT2D eigenvalue weighted by Gasteiger charge is 2.19. The number of benzene rings is 1. The van der Waals surface area contributed by atoms with Crippen molar-refractivity contribution in [3.8, 4) is 5.75 Å². The molecule has 0 aliphatic carbocycles. The highest BCUT2D eigenvalue weighted by molar-refractivity contribution is 7.99. The van der Waals surface area contributed by atoms with Gasteiger partial charge in [-0.15, -0.1) is 10.2 Å². The maximum Gasteiger partial charge on any atom is 0.265 e. The molecular weight excluding hydrogens is 472 g/mol. The van der Waals surface area contributed by atoms with Crippen molar-refractivity contribution in [2.24, 2.45) is 0 Å². The molecule has 9 nitrogen and oxygen atoms in total. The van der Waals surface area contributed by atoms with Crippen LogP contribution in [0.2, 0.25) is 0 Å². The molecule has 0 saturated heterocycles. The van der Waals surface area contributed by atoms with Crippen LogP contribution in [0, 0.1) is 6.92 Å². The van der Waals surface area contributed by atoms with E-state index < -0.39 is 0 Å². The average Bonchev–Trinajstić information content (AvgIpc) is 3.37. The number of hydrogen-bond acceptors (Lipinski definition) is 8. The van der Waals surface area contributed by atoms with Crippen molar-refractivity contribution in [3.05, 3.63) is 46.2 Å². The van der Waals surface area contributed by atoms with Crippen LogP contribution in [0.25, 0.3) is 0 Å². The van der Waals surface area contributed by atoms with E-state index in [1.807, 2.05) is 23.6 Å². The van der Waals surface area contributed by atoms with E-state index in [2.05, 4.69) is 46.5 Å². The number of rotatable bonds is 10. The van der Waals surface area contributed by atoms with Crippen LogP contribution in [0.5, 0.6) is 5.75 Å². The third-order valence-electron chi connectivity index (χ3n) is 5.00. The first-order valence-electron chi connectivity index (χ1n) is 11.0. The van der Waals surface area contributed by atoms with E-state index >= 15 is 0 Å². The molecule has 2 amide bonds. The second-order valence-electron chi connectivity index (χ2n) is 8.13. The number of aromatic nitrogens is 4. The van der Waals surface area contributed by atoms with E-state index in [1.54, 1.807) is 21.0 Å². The molecule has 11 heteroatoms. The second-order valence-corrected chi connectivity index (χ2v) is 10.1. The summed E-state index contributed by atoms with van der Waals surface area (Å²) in [5.41, 5.74) is 1.86. The van der Waals surface area contributed by atoms with Gasteiger partial charge < -0.3 is 19.5 Å². The lowest BCUT2D eigenvalue weighted by Gasteiger charge is -2.10. The molecule has 0 unspecified atom stereocenters. The minimum absolute atomic E-state index is 0.133. The van der Waals surface area contributed by atoms with Gasteiger partial charge in [-0.25, -0.2) is 4.98 Å². The molecule has 3 rings (SSSR count). The van der Waals surface area contributed by atoms with Crippen LogP contribution in [0.3, 0.4) is 0 Å². The van der Waals surface area contributed by atoms with Gasteiger partial charge in [-0.2, -0.15) is 0 Å². The minimum atomic E-state index is -0.226. The lowest BCUT2D eigenvalue weighted by Crippen LogP contribution is -2.21. The van der Waals surface area contributed by atoms with Crippen LogP contribution in [-0.4, -0.2) is 56.3 Å². The quantitative estimate of drug-likeness (QED) is 0.415. The molecule has 1 N–H and O–H groups in total. The molecular formula is C23H30N6O3S2. The number of ether oxygens (including phenoxy) is 1. The minimum Gasteiger partial charge on any atom is -0.486 e. The summed E-state index contributed by atoms with van der Waals surface area (Å²) in [4.78, 5) is 30.9. The average molecular weight is 503 g/mol. The van der Waals surface area contributed by atoms with Gasteiger partial charge in [0.25, 0.3) is 5.91 Å².